The van der Waals surface area contributed by atoms with Crippen molar-refractivity contribution < 1.29 is 14.5 Å². The Labute approximate surface area is 104 Å². The van der Waals surface area contributed by atoms with Gasteiger partial charge in [0.15, 0.2) is 0 Å². The Morgan fingerprint density at radius 3 is 2.78 bits per heavy atom. The Hall–Kier alpha value is -2.15. The predicted molar refractivity (Wildman–Crippen MR) is 65.1 cm³/mol. The van der Waals surface area contributed by atoms with Gasteiger partial charge in [-0.25, -0.2) is 0 Å². The molecular formula is C11H15N3O4. The van der Waals surface area contributed by atoms with Crippen LogP contribution in [0.4, 0.5) is 5.69 Å². The second kappa shape index (κ2) is 5.97. The largest absolute Gasteiger partial charge is 0.493 e. The molecule has 0 heterocycles. The molecule has 0 aliphatic carbocycles. The lowest BCUT2D eigenvalue weighted by Gasteiger charge is -2.11. The minimum atomic E-state index is -0.774. The highest BCUT2D eigenvalue weighted by atomic mass is 16.6. The predicted octanol–water partition coefficient (Wildman–Crippen LogP) is 0.485. The van der Waals surface area contributed by atoms with E-state index in [1.165, 1.54) is 12.1 Å². The average molecular weight is 253 g/mol. The van der Waals surface area contributed by atoms with Crippen LogP contribution >= 0.6 is 0 Å². The number of nitrogens with zero attached hydrogens (tertiary/aromatic N) is 1. The molecule has 0 aliphatic rings. The van der Waals surface area contributed by atoms with E-state index in [1.807, 2.05) is 0 Å². The van der Waals surface area contributed by atoms with E-state index in [2.05, 4.69) is 0 Å². The van der Waals surface area contributed by atoms with Crippen molar-refractivity contribution in [1.82, 2.24) is 0 Å². The summed E-state index contributed by atoms with van der Waals surface area (Å²) in [5.41, 5.74) is 11.2. The van der Waals surface area contributed by atoms with Gasteiger partial charge in [0, 0.05) is 12.5 Å². The highest BCUT2D eigenvalue weighted by molar-refractivity contribution is 5.79. The van der Waals surface area contributed by atoms with Crippen LogP contribution in [0.3, 0.4) is 0 Å². The highest BCUT2D eigenvalue weighted by Gasteiger charge is 2.12. The van der Waals surface area contributed by atoms with Gasteiger partial charge in [-0.15, -0.1) is 0 Å². The SMILES string of the molecule is Cc1ccc([N+](=O)[O-])cc1OCCC(N)C(N)=O. The van der Waals surface area contributed by atoms with Crippen LogP contribution in [-0.2, 0) is 4.79 Å². The second-order valence-corrected chi connectivity index (χ2v) is 3.85. The van der Waals surface area contributed by atoms with Crippen LogP contribution in [-0.4, -0.2) is 23.5 Å². The van der Waals surface area contributed by atoms with E-state index in [1.54, 1.807) is 13.0 Å². The number of ether oxygens (including phenoxy) is 1. The first-order valence-electron chi connectivity index (χ1n) is 5.34. The summed E-state index contributed by atoms with van der Waals surface area (Å²) in [6.07, 6.45) is 0.261. The quantitative estimate of drug-likeness (QED) is 0.564. The standard InChI is InChI=1S/C11H15N3O4/c1-7-2-3-8(14(16)17)6-10(7)18-5-4-9(12)11(13)15/h2-3,6,9H,4-5,12H2,1H3,(H2,13,15). The van der Waals surface area contributed by atoms with E-state index in [4.69, 9.17) is 16.2 Å². The van der Waals surface area contributed by atoms with E-state index >= 15 is 0 Å². The Bertz CT molecular complexity index is 462. The van der Waals surface area contributed by atoms with Crippen LogP contribution in [0.25, 0.3) is 0 Å². The van der Waals surface area contributed by atoms with E-state index in [9.17, 15) is 14.9 Å². The maximum Gasteiger partial charge on any atom is 0.273 e. The molecule has 4 N–H and O–H groups in total. The average Bonchev–Trinajstić information content (AvgIpc) is 2.30. The summed E-state index contributed by atoms with van der Waals surface area (Å²) in [6, 6.07) is 3.56. The fourth-order valence-corrected chi connectivity index (χ4v) is 1.30. The molecule has 0 bridgehead atoms. The van der Waals surface area contributed by atoms with Gasteiger partial charge in [0.1, 0.15) is 5.75 Å². The van der Waals surface area contributed by atoms with Crippen LogP contribution in [0.1, 0.15) is 12.0 Å². The lowest BCUT2D eigenvalue weighted by molar-refractivity contribution is -0.384. The maximum absolute atomic E-state index is 10.7. The van der Waals surface area contributed by atoms with Crippen molar-refractivity contribution >= 4 is 11.6 Å². The third-order valence-electron chi connectivity index (χ3n) is 2.43. The van der Waals surface area contributed by atoms with Gasteiger partial charge in [-0.05, 0) is 18.6 Å². The molecule has 0 aliphatic heterocycles. The van der Waals surface area contributed by atoms with Gasteiger partial charge in [-0.1, -0.05) is 0 Å². The summed E-state index contributed by atoms with van der Waals surface area (Å²) >= 11 is 0. The van der Waals surface area contributed by atoms with Crippen molar-refractivity contribution in [2.75, 3.05) is 6.61 Å². The van der Waals surface area contributed by atoms with E-state index in [0.717, 1.165) is 5.56 Å². The number of amides is 1. The number of carbonyl (C=O) groups is 1. The van der Waals surface area contributed by atoms with Gasteiger partial charge in [-0.3, -0.25) is 14.9 Å². The van der Waals surface area contributed by atoms with Gasteiger partial charge in [0.05, 0.1) is 23.6 Å². The minimum absolute atomic E-state index is 0.0465. The third kappa shape index (κ3) is 3.70. The van der Waals surface area contributed by atoms with Crippen LogP contribution in [0.5, 0.6) is 5.75 Å². The molecule has 7 heteroatoms. The zero-order chi connectivity index (χ0) is 13.7. The van der Waals surface area contributed by atoms with E-state index < -0.39 is 16.9 Å². The fourth-order valence-electron chi connectivity index (χ4n) is 1.30. The van der Waals surface area contributed by atoms with E-state index in [-0.39, 0.29) is 18.7 Å². The first-order chi connectivity index (χ1) is 8.41. The molecule has 0 spiro atoms. The summed E-state index contributed by atoms with van der Waals surface area (Å²) < 4.78 is 5.36. The summed E-state index contributed by atoms with van der Waals surface area (Å²) in [4.78, 5) is 20.8. The molecule has 1 amide bonds. The zero-order valence-electron chi connectivity index (χ0n) is 9.96. The normalized spacial score (nSPS) is 11.9. The van der Waals surface area contributed by atoms with Crippen molar-refractivity contribution in [1.29, 1.82) is 0 Å². The molecule has 0 fully saturated rings. The lowest BCUT2D eigenvalue weighted by atomic mass is 10.2. The zero-order valence-corrected chi connectivity index (χ0v) is 9.96. The molecule has 0 saturated carbocycles. The molecule has 0 aromatic heterocycles. The number of benzene rings is 1. The molecular weight excluding hydrogens is 238 g/mol. The number of carbonyl (C=O) groups excluding carboxylic acids is 1. The van der Waals surface area contributed by atoms with Gasteiger partial charge in [-0.2, -0.15) is 0 Å². The minimum Gasteiger partial charge on any atom is -0.493 e. The molecule has 7 nitrogen and oxygen atoms in total. The van der Waals surface area contributed by atoms with Gasteiger partial charge >= 0.3 is 0 Å². The maximum atomic E-state index is 10.7. The van der Waals surface area contributed by atoms with Crippen molar-refractivity contribution in [2.24, 2.45) is 11.5 Å². The summed E-state index contributed by atoms with van der Waals surface area (Å²) in [6.45, 7) is 1.94. The van der Waals surface area contributed by atoms with Gasteiger partial charge < -0.3 is 16.2 Å². The number of hydrogen-bond acceptors (Lipinski definition) is 5. The number of aryl methyl sites for hydroxylation is 1. The van der Waals surface area contributed by atoms with E-state index in [0.29, 0.717) is 5.75 Å². The molecule has 1 rings (SSSR count). The second-order valence-electron chi connectivity index (χ2n) is 3.85. The number of non-ortho nitro benzene ring substituents is 1. The Kier molecular flexibility index (Phi) is 4.61. The highest BCUT2D eigenvalue weighted by Crippen LogP contribution is 2.24. The topological polar surface area (TPSA) is 121 Å². The fraction of sp³-hybridized carbons (Fsp3) is 0.364. The van der Waals surface area contributed by atoms with Gasteiger partial charge in [0.25, 0.3) is 5.69 Å². The van der Waals surface area contributed by atoms with Crippen LogP contribution in [0.15, 0.2) is 18.2 Å². The Balaban J connectivity index is 2.64. The van der Waals surface area contributed by atoms with Crippen molar-refractivity contribution in [3.63, 3.8) is 0 Å². The number of nitrogens with two attached hydrogens (primary N) is 2. The Morgan fingerprint density at radius 2 is 2.22 bits per heavy atom. The smallest absolute Gasteiger partial charge is 0.273 e. The first kappa shape index (κ1) is 13.9. The summed E-state index contributed by atoms with van der Waals surface area (Å²) in [5, 5.41) is 10.6. The van der Waals surface area contributed by atoms with Crippen LogP contribution in [0, 0.1) is 17.0 Å². The Morgan fingerprint density at radius 1 is 1.56 bits per heavy atom. The molecule has 1 unspecified atom stereocenters. The molecule has 98 valence electrons. The molecule has 18 heavy (non-hydrogen) atoms. The van der Waals surface area contributed by atoms with Crippen molar-refractivity contribution in [2.45, 2.75) is 19.4 Å². The number of nitro benzene ring substituents is 1. The summed E-state index contributed by atoms with van der Waals surface area (Å²) in [5.74, 6) is -0.199. The summed E-state index contributed by atoms with van der Waals surface area (Å²) in [7, 11) is 0. The molecule has 1 aromatic carbocycles. The number of rotatable bonds is 6. The molecule has 0 radical (unpaired) electrons. The van der Waals surface area contributed by atoms with Crippen LogP contribution < -0.4 is 16.2 Å². The number of nitro groups is 1. The molecule has 1 aromatic rings. The number of hydrogen-bond donors (Lipinski definition) is 2. The molecule has 0 saturated heterocycles. The van der Waals surface area contributed by atoms with Gasteiger partial charge in [0.2, 0.25) is 5.91 Å². The molecule has 1 atom stereocenters. The first-order valence-corrected chi connectivity index (χ1v) is 5.34. The third-order valence-corrected chi connectivity index (χ3v) is 2.43. The monoisotopic (exact) mass is 253 g/mol. The van der Waals surface area contributed by atoms with Crippen molar-refractivity contribution in [3.05, 3.63) is 33.9 Å². The van der Waals surface area contributed by atoms with Crippen molar-refractivity contribution in [3.8, 4) is 5.75 Å². The lowest BCUT2D eigenvalue weighted by Crippen LogP contribution is -2.37. The van der Waals surface area contributed by atoms with Crippen LogP contribution in [0.2, 0.25) is 0 Å². The number of primary amides is 1.